The highest BCUT2D eigenvalue weighted by molar-refractivity contribution is 7.93. The molecule has 3 rings (SSSR count). The second-order valence-corrected chi connectivity index (χ2v) is 8.68. The predicted molar refractivity (Wildman–Crippen MR) is 104 cm³/mol. The molecule has 0 saturated heterocycles. The van der Waals surface area contributed by atoms with Gasteiger partial charge in [-0.3, -0.25) is 0 Å². The van der Waals surface area contributed by atoms with E-state index in [0.717, 1.165) is 16.3 Å². The summed E-state index contributed by atoms with van der Waals surface area (Å²) in [7, 11) is -2.70. The van der Waals surface area contributed by atoms with Crippen LogP contribution in [0.2, 0.25) is 0 Å². The number of nitrogens with zero attached hydrogens (tertiary/aromatic N) is 1. The summed E-state index contributed by atoms with van der Waals surface area (Å²) >= 11 is 0. The first-order chi connectivity index (χ1) is 11.9. The maximum absolute atomic E-state index is 13.5. The summed E-state index contributed by atoms with van der Waals surface area (Å²) in [6.45, 7) is 4.03. The minimum absolute atomic E-state index is 0.0657. The Labute approximate surface area is 149 Å². The fraction of sp³-hybridized carbons (Fsp3) is 0.238. The van der Waals surface area contributed by atoms with E-state index in [2.05, 4.69) is 4.36 Å². The van der Waals surface area contributed by atoms with Gasteiger partial charge in [0.05, 0.1) is 21.1 Å². The van der Waals surface area contributed by atoms with Crippen LogP contribution in [0.3, 0.4) is 0 Å². The molecule has 0 saturated carbocycles. The fourth-order valence-corrected chi connectivity index (χ4v) is 5.37. The molecule has 0 spiro atoms. The molecule has 0 bridgehead atoms. The molecule has 3 nitrogen and oxygen atoms in total. The van der Waals surface area contributed by atoms with Gasteiger partial charge in [-0.15, -0.1) is 0 Å². The van der Waals surface area contributed by atoms with Crippen LogP contribution in [0.1, 0.15) is 19.4 Å². The van der Waals surface area contributed by atoms with Crippen molar-refractivity contribution in [1.82, 2.24) is 0 Å². The standard InChI is InChI=1S/C21H23NO2S/c1-3-22-25(24,20-11-5-4-6-12-20)16-21(2,23)19-14-13-17-9-7-8-10-18(17)15-19/h4-15,23H,3,16H2,1-2H3/t21?,25-/m0/s1. The minimum atomic E-state index is -2.70. The summed E-state index contributed by atoms with van der Waals surface area (Å²) in [6.07, 6.45) is 0. The molecule has 0 heterocycles. The summed E-state index contributed by atoms with van der Waals surface area (Å²) in [6, 6.07) is 23.1. The Morgan fingerprint density at radius 3 is 2.28 bits per heavy atom. The van der Waals surface area contributed by atoms with Gasteiger partial charge in [0.2, 0.25) is 0 Å². The van der Waals surface area contributed by atoms with Crippen molar-refractivity contribution >= 4 is 20.5 Å². The van der Waals surface area contributed by atoms with Gasteiger partial charge >= 0.3 is 0 Å². The lowest BCUT2D eigenvalue weighted by atomic mass is 9.95. The van der Waals surface area contributed by atoms with Gasteiger partial charge in [-0.25, -0.2) is 8.57 Å². The number of hydrogen-bond donors (Lipinski definition) is 1. The Bertz CT molecular complexity index is 987. The van der Waals surface area contributed by atoms with Crippen molar-refractivity contribution < 1.29 is 9.32 Å². The molecule has 130 valence electrons. The van der Waals surface area contributed by atoms with E-state index in [1.54, 1.807) is 6.92 Å². The Morgan fingerprint density at radius 1 is 0.960 bits per heavy atom. The van der Waals surface area contributed by atoms with Crippen molar-refractivity contribution in [2.45, 2.75) is 24.3 Å². The van der Waals surface area contributed by atoms with Crippen LogP contribution in [0.4, 0.5) is 0 Å². The summed E-state index contributed by atoms with van der Waals surface area (Å²) in [5.74, 6) is 0.0657. The molecule has 0 aliphatic carbocycles. The Hall–Kier alpha value is -2.17. The molecular weight excluding hydrogens is 330 g/mol. The number of benzene rings is 3. The molecule has 0 fully saturated rings. The van der Waals surface area contributed by atoms with Crippen molar-refractivity contribution in [3.05, 3.63) is 78.4 Å². The summed E-state index contributed by atoms with van der Waals surface area (Å²) in [5.41, 5.74) is -0.489. The largest absolute Gasteiger partial charge is 0.384 e. The summed E-state index contributed by atoms with van der Waals surface area (Å²) < 4.78 is 17.9. The van der Waals surface area contributed by atoms with Gasteiger partial charge in [0.25, 0.3) is 0 Å². The first-order valence-electron chi connectivity index (χ1n) is 8.42. The van der Waals surface area contributed by atoms with Crippen molar-refractivity contribution in [3.63, 3.8) is 0 Å². The Balaban J connectivity index is 2.03. The number of hydrogen-bond acceptors (Lipinski definition) is 3. The van der Waals surface area contributed by atoms with Crippen LogP contribution in [0.25, 0.3) is 10.8 Å². The predicted octanol–water partition coefficient (Wildman–Crippen LogP) is 4.59. The average molecular weight is 353 g/mol. The van der Waals surface area contributed by atoms with E-state index < -0.39 is 15.3 Å². The van der Waals surface area contributed by atoms with Crippen LogP contribution >= 0.6 is 0 Å². The van der Waals surface area contributed by atoms with Crippen LogP contribution < -0.4 is 0 Å². The zero-order chi connectivity index (χ0) is 17.9. The molecule has 0 radical (unpaired) electrons. The van der Waals surface area contributed by atoms with Gasteiger partial charge in [0.1, 0.15) is 0 Å². The van der Waals surface area contributed by atoms with E-state index in [0.29, 0.717) is 11.4 Å². The smallest absolute Gasteiger partial charge is 0.0995 e. The number of rotatable bonds is 5. The highest BCUT2D eigenvalue weighted by atomic mass is 32.2. The zero-order valence-corrected chi connectivity index (χ0v) is 15.4. The molecule has 2 atom stereocenters. The molecule has 4 heteroatoms. The SMILES string of the molecule is CCN=[S@](=O)(CC(C)(O)c1ccc2ccccc2c1)c1ccccc1. The third-order valence-electron chi connectivity index (χ3n) is 4.30. The van der Waals surface area contributed by atoms with E-state index >= 15 is 0 Å². The van der Waals surface area contributed by atoms with Crippen LogP contribution in [0.5, 0.6) is 0 Å². The molecular formula is C21H23NO2S. The lowest BCUT2D eigenvalue weighted by Gasteiger charge is -2.26. The van der Waals surface area contributed by atoms with Crippen LogP contribution in [0.15, 0.2) is 82.1 Å². The molecule has 3 aromatic carbocycles. The molecule has 3 aromatic rings. The highest BCUT2D eigenvalue weighted by Crippen LogP contribution is 2.29. The van der Waals surface area contributed by atoms with E-state index in [-0.39, 0.29) is 5.75 Å². The first kappa shape index (κ1) is 17.6. The van der Waals surface area contributed by atoms with Crippen molar-refractivity contribution in [2.75, 3.05) is 12.3 Å². The van der Waals surface area contributed by atoms with E-state index in [1.807, 2.05) is 79.7 Å². The van der Waals surface area contributed by atoms with Gasteiger partial charge in [-0.1, -0.05) is 54.6 Å². The molecule has 1 N–H and O–H groups in total. The zero-order valence-electron chi connectivity index (χ0n) is 14.6. The van der Waals surface area contributed by atoms with Crippen LogP contribution in [0, 0.1) is 0 Å². The van der Waals surface area contributed by atoms with Gasteiger partial charge in [0, 0.05) is 11.4 Å². The van der Waals surface area contributed by atoms with Crippen LogP contribution in [-0.4, -0.2) is 21.6 Å². The Kier molecular flexibility index (Phi) is 4.93. The summed E-state index contributed by atoms with van der Waals surface area (Å²) in [5, 5.41) is 13.3. The second-order valence-electron chi connectivity index (χ2n) is 6.38. The molecule has 0 aromatic heterocycles. The van der Waals surface area contributed by atoms with Gasteiger partial charge in [0.15, 0.2) is 0 Å². The lowest BCUT2D eigenvalue weighted by Crippen LogP contribution is -2.31. The molecule has 0 amide bonds. The second kappa shape index (κ2) is 6.98. The normalized spacial score (nSPS) is 16.1. The van der Waals surface area contributed by atoms with Gasteiger partial charge < -0.3 is 5.11 Å². The van der Waals surface area contributed by atoms with Crippen molar-refractivity contribution in [3.8, 4) is 0 Å². The maximum Gasteiger partial charge on any atom is 0.0995 e. The van der Waals surface area contributed by atoms with Crippen molar-refractivity contribution in [2.24, 2.45) is 4.36 Å². The van der Waals surface area contributed by atoms with Crippen LogP contribution in [-0.2, 0) is 15.3 Å². The topological polar surface area (TPSA) is 49.7 Å². The molecule has 1 unspecified atom stereocenters. The number of fused-ring (bicyclic) bond motifs is 1. The third kappa shape index (κ3) is 3.75. The molecule has 0 aliphatic rings. The average Bonchev–Trinajstić information content (AvgIpc) is 2.62. The van der Waals surface area contributed by atoms with E-state index in [9.17, 15) is 9.32 Å². The highest BCUT2D eigenvalue weighted by Gasteiger charge is 2.30. The van der Waals surface area contributed by atoms with E-state index in [4.69, 9.17) is 0 Å². The maximum atomic E-state index is 13.5. The van der Waals surface area contributed by atoms with Gasteiger partial charge in [-0.2, -0.15) is 0 Å². The van der Waals surface area contributed by atoms with Gasteiger partial charge in [-0.05, 0) is 48.4 Å². The quantitative estimate of drug-likeness (QED) is 0.729. The first-order valence-corrected chi connectivity index (χ1v) is 10.1. The van der Waals surface area contributed by atoms with E-state index in [1.165, 1.54) is 0 Å². The monoisotopic (exact) mass is 353 g/mol. The Morgan fingerprint density at radius 2 is 1.60 bits per heavy atom. The third-order valence-corrected chi connectivity index (χ3v) is 6.93. The molecule has 0 aliphatic heterocycles. The fourth-order valence-electron chi connectivity index (χ4n) is 3.03. The minimum Gasteiger partial charge on any atom is -0.384 e. The lowest BCUT2D eigenvalue weighted by molar-refractivity contribution is 0.0827. The number of aliphatic hydroxyl groups is 1. The molecule has 25 heavy (non-hydrogen) atoms. The summed E-state index contributed by atoms with van der Waals surface area (Å²) in [4.78, 5) is 0.665. The van der Waals surface area contributed by atoms with Crippen molar-refractivity contribution in [1.29, 1.82) is 0 Å².